The van der Waals surface area contributed by atoms with E-state index in [4.69, 9.17) is 16.0 Å². The fourth-order valence-corrected chi connectivity index (χ4v) is 1.75. The zero-order chi connectivity index (χ0) is 13.7. The minimum absolute atomic E-state index is 0.164. The van der Waals surface area contributed by atoms with E-state index in [1.807, 2.05) is 20.8 Å². The molecule has 0 unspecified atom stereocenters. The van der Waals surface area contributed by atoms with Gasteiger partial charge >= 0.3 is 6.18 Å². The van der Waals surface area contributed by atoms with Crippen LogP contribution in [-0.2, 0) is 11.6 Å². The molecule has 1 aromatic carbocycles. The molecule has 0 bridgehead atoms. The van der Waals surface area contributed by atoms with Crippen LogP contribution in [0.4, 0.5) is 13.2 Å². The maximum atomic E-state index is 12.7. The molecule has 0 aliphatic carbocycles. The fourth-order valence-electron chi connectivity index (χ4n) is 1.49. The summed E-state index contributed by atoms with van der Waals surface area (Å²) >= 11 is 5.60. The van der Waals surface area contributed by atoms with E-state index in [2.05, 4.69) is 4.98 Å². The Labute approximate surface area is 107 Å². The van der Waals surface area contributed by atoms with E-state index in [-0.39, 0.29) is 21.5 Å². The SMILES string of the molecule is CC(C)(C)c1nc2cc(C(F)(F)F)c(Cl)cc2o1. The lowest BCUT2D eigenvalue weighted by Gasteiger charge is -2.11. The Morgan fingerprint density at radius 2 is 1.78 bits per heavy atom. The summed E-state index contributed by atoms with van der Waals surface area (Å²) in [6, 6.07) is 2.07. The average Bonchev–Trinajstić information content (AvgIpc) is 2.56. The maximum absolute atomic E-state index is 12.7. The average molecular weight is 278 g/mol. The first-order valence-corrected chi connectivity index (χ1v) is 5.64. The zero-order valence-corrected chi connectivity index (χ0v) is 10.8. The predicted molar refractivity (Wildman–Crippen MR) is 62.7 cm³/mol. The molecule has 0 saturated heterocycles. The number of oxazole rings is 1. The molecule has 1 aromatic heterocycles. The largest absolute Gasteiger partial charge is 0.440 e. The third-order valence-corrected chi connectivity index (χ3v) is 2.74. The first kappa shape index (κ1) is 13.2. The van der Waals surface area contributed by atoms with E-state index < -0.39 is 11.7 Å². The molecule has 0 spiro atoms. The molecule has 0 fully saturated rings. The van der Waals surface area contributed by atoms with Crippen molar-refractivity contribution < 1.29 is 17.6 Å². The van der Waals surface area contributed by atoms with E-state index in [1.54, 1.807) is 0 Å². The molecule has 0 aliphatic heterocycles. The van der Waals surface area contributed by atoms with Gasteiger partial charge in [-0.25, -0.2) is 4.98 Å². The summed E-state index contributed by atoms with van der Waals surface area (Å²) in [7, 11) is 0. The third-order valence-electron chi connectivity index (χ3n) is 2.42. The zero-order valence-electron chi connectivity index (χ0n) is 10.0. The Morgan fingerprint density at radius 1 is 1.17 bits per heavy atom. The van der Waals surface area contributed by atoms with Crippen molar-refractivity contribution >= 4 is 22.7 Å². The van der Waals surface area contributed by atoms with Gasteiger partial charge in [-0.2, -0.15) is 13.2 Å². The molecule has 2 aromatic rings. The van der Waals surface area contributed by atoms with Crippen LogP contribution in [0.25, 0.3) is 11.1 Å². The van der Waals surface area contributed by atoms with Crippen molar-refractivity contribution in [3.63, 3.8) is 0 Å². The summed E-state index contributed by atoms with van der Waals surface area (Å²) in [5.41, 5.74) is -0.843. The van der Waals surface area contributed by atoms with Crippen molar-refractivity contribution in [1.82, 2.24) is 4.98 Å². The summed E-state index contributed by atoms with van der Waals surface area (Å²) < 4.78 is 43.4. The normalized spacial score (nSPS) is 13.3. The van der Waals surface area contributed by atoms with Gasteiger partial charge in [-0.05, 0) is 6.07 Å². The second-order valence-electron chi connectivity index (χ2n) is 5.07. The van der Waals surface area contributed by atoms with Crippen molar-refractivity contribution in [2.24, 2.45) is 0 Å². The number of rotatable bonds is 0. The number of hydrogen-bond acceptors (Lipinski definition) is 2. The Morgan fingerprint density at radius 3 is 2.28 bits per heavy atom. The van der Waals surface area contributed by atoms with Gasteiger partial charge in [-0.3, -0.25) is 0 Å². The molecule has 6 heteroatoms. The molecule has 18 heavy (non-hydrogen) atoms. The molecule has 0 aliphatic rings. The number of aromatic nitrogens is 1. The van der Waals surface area contributed by atoms with Crippen molar-refractivity contribution in [3.05, 3.63) is 28.6 Å². The molecular formula is C12H11ClF3NO. The second-order valence-corrected chi connectivity index (χ2v) is 5.47. The lowest BCUT2D eigenvalue weighted by atomic mass is 9.97. The van der Waals surface area contributed by atoms with Gasteiger partial charge in [0.1, 0.15) is 5.52 Å². The molecular weight excluding hydrogens is 267 g/mol. The van der Waals surface area contributed by atoms with E-state index in [9.17, 15) is 13.2 Å². The minimum Gasteiger partial charge on any atom is -0.440 e. The van der Waals surface area contributed by atoms with Crippen LogP contribution in [0.15, 0.2) is 16.5 Å². The van der Waals surface area contributed by atoms with Gasteiger partial charge < -0.3 is 4.42 Å². The monoisotopic (exact) mass is 277 g/mol. The Hall–Kier alpha value is -1.23. The van der Waals surface area contributed by atoms with Crippen molar-refractivity contribution in [2.75, 3.05) is 0 Å². The Kier molecular flexibility index (Phi) is 2.85. The Bertz CT molecular complexity index is 596. The highest BCUT2D eigenvalue weighted by molar-refractivity contribution is 6.32. The van der Waals surface area contributed by atoms with Gasteiger partial charge in [0.15, 0.2) is 5.58 Å². The lowest BCUT2D eigenvalue weighted by Crippen LogP contribution is -2.11. The van der Waals surface area contributed by atoms with Crippen molar-refractivity contribution in [2.45, 2.75) is 32.4 Å². The van der Waals surface area contributed by atoms with Gasteiger partial charge in [-0.15, -0.1) is 0 Å². The highest BCUT2D eigenvalue weighted by Crippen LogP contribution is 2.37. The van der Waals surface area contributed by atoms with Crippen LogP contribution in [0.2, 0.25) is 5.02 Å². The number of fused-ring (bicyclic) bond motifs is 1. The number of hydrogen-bond donors (Lipinski definition) is 0. The highest BCUT2D eigenvalue weighted by Gasteiger charge is 2.34. The van der Waals surface area contributed by atoms with Crippen molar-refractivity contribution in [3.8, 4) is 0 Å². The molecule has 0 atom stereocenters. The molecule has 0 radical (unpaired) electrons. The van der Waals surface area contributed by atoms with Gasteiger partial charge in [-0.1, -0.05) is 32.4 Å². The second kappa shape index (κ2) is 3.88. The van der Waals surface area contributed by atoms with Crippen LogP contribution < -0.4 is 0 Å². The molecule has 98 valence electrons. The third kappa shape index (κ3) is 2.32. The standard InChI is InChI=1S/C12H11ClF3NO/c1-11(2,3)10-17-8-4-6(12(14,15)16)7(13)5-9(8)18-10/h4-5H,1-3H3. The first-order valence-electron chi connectivity index (χ1n) is 5.27. The van der Waals surface area contributed by atoms with Gasteiger partial charge in [0.05, 0.1) is 10.6 Å². The fraction of sp³-hybridized carbons (Fsp3) is 0.417. The van der Waals surface area contributed by atoms with Crippen LogP contribution in [0.1, 0.15) is 32.2 Å². The van der Waals surface area contributed by atoms with Gasteiger partial charge in [0.2, 0.25) is 5.89 Å². The number of nitrogens with zero attached hydrogens (tertiary/aromatic N) is 1. The molecule has 0 N–H and O–H groups in total. The number of benzene rings is 1. The van der Waals surface area contributed by atoms with Crippen LogP contribution >= 0.6 is 11.6 Å². The quantitative estimate of drug-likeness (QED) is 0.691. The summed E-state index contributed by atoms with van der Waals surface area (Å²) in [5, 5.41) is -0.383. The van der Waals surface area contributed by atoms with Crippen LogP contribution in [-0.4, -0.2) is 4.98 Å². The van der Waals surface area contributed by atoms with E-state index >= 15 is 0 Å². The van der Waals surface area contributed by atoms with Gasteiger partial charge in [0, 0.05) is 11.5 Å². The summed E-state index contributed by atoms with van der Waals surface area (Å²) in [6.07, 6.45) is -4.49. The summed E-state index contributed by atoms with van der Waals surface area (Å²) in [4.78, 5) is 4.07. The predicted octanol–water partition coefficient (Wildman–Crippen LogP) is 4.80. The minimum atomic E-state index is -4.49. The number of alkyl halides is 3. The van der Waals surface area contributed by atoms with Crippen LogP contribution in [0, 0.1) is 0 Å². The number of halogens is 4. The van der Waals surface area contributed by atoms with Crippen LogP contribution in [0.3, 0.4) is 0 Å². The smallest absolute Gasteiger partial charge is 0.417 e. The topological polar surface area (TPSA) is 26.0 Å². The molecule has 0 saturated carbocycles. The lowest BCUT2D eigenvalue weighted by molar-refractivity contribution is -0.137. The maximum Gasteiger partial charge on any atom is 0.417 e. The van der Waals surface area contributed by atoms with E-state index in [1.165, 1.54) is 0 Å². The van der Waals surface area contributed by atoms with Gasteiger partial charge in [0.25, 0.3) is 0 Å². The summed E-state index contributed by atoms with van der Waals surface area (Å²) in [6.45, 7) is 5.60. The first-order chi connectivity index (χ1) is 8.09. The van der Waals surface area contributed by atoms with Crippen molar-refractivity contribution in [1.29, 1.82) is 0 Å². The van der Waals surface area contributed by atoms with E-state index in [0.29, 0.717) is 5.89 Å². The van der Waals surface area contributed by atoms with Crippen LogP contribution in [0.5, 0.6) is 0 Å². The molecule has 0 amide bonds. The van der Waals surface area contributed by atoms with E-state index in [0.717, 1.165) is 12.1 Å². The Balaban J connectivity index is 2.65. The molecule has 1 heterocycles. The highest BCUT2D eigenvalue weighted by atomic mass is 35.5. The molecule has 2 rings (SSSR count). The summed E-state index contributed by atoms with van der Waals surface area (Å²) in [5.74, 6) is 0.382. The molecule has 2 nitrogen and oxygen atoms in total.